The molecule has 4 heteroatoms. The Morgan fingerprint density at radius 3 is 3.08 bits per heavy atom. The molecular formula is C20H26N2O2. The minimum Gasteiger partial charge on any atom is -0.381 e. The summed E-state index contributed by atoms with van der Waals surface area (Å²) in [6.07, 6.45) is 5.91. The number of nitrogens with zero attached hydrogens (tertiary/aromatic N) is 1. The van der Waals surface area contributed by atoms with Crippen molar-refractivity contribution >= 4 is 6.03 Å². The van der Waals surface area contributed by atoms with Gasteiger partial charge in [-0.3, -0.25) is 0 Å². The Bertz CT molecular complexity index is 667. The fourth-order valence-electron chi connectivity index (χ4n) is 5.40. The summed E-state index contributed by atoms with van der Waals surface area (Å²) < 4.78 is 5.56. The van der Waals surface area contributed by atoms with Crippen LogP contribution in [0, 0.1) is 11.3 Å². The van der Waals surface area contributed by atoms with Crippen molar-refractivity contribution in [2.75, 3.05) is 32.8 Å². The van der Waals surface area contributed by atoms with E-state index in [1.54, 1.807) is 5.56 Å². The second-order valence-corrected chi connectivity index (χ2v) is 8.37. The van der Waals surface area contributed by atoms with Crippen LogP contribution in [0.25, 0.3) is 0 Å². The molecule has 2 aliphatic carbocycles. The van der Waals surface area contributed by atoms with Gasteiger partial charge in [0.1, 0.15) is 0 Å². The topological polar surface area (TPSA) is 41.6 Å². The van der Waals surface area contributed by atoms with Gasteiger partial charge >= 0.3 is 6.03 Å². The Morgan fingerprint density at radius 1 is 1.29 bits per heavy atom. The zero-order valence-electron chi connectivity index (χ0n) is 14.2. The quantitative estimate of drug-likeness (QED) is 0.908. The van der Waals surface area contributed by atoms with Gasteiger partial charge in [-0.05, 0) is 49.1 Å². The van der Waals surface area contributed by atoms with Gasteiger partial charge in [0.25, 0.3) is 0 Å². The molecule has 2 aliphatic heterocycles. The van der Waals surface area contributed by atoms with Crippen LogP contribution in [-0.4, -0.2) is 43.8 Å². The summed E-state index contributed by atoms with van der Waals surface area (Å²) in [5, 5.41) is 3.22. The van der Waals surface area contributed by atoms with Gasteiger partial charge in [0.15, 0.2) is 0 Å². The van der Waals surface area contributed by atoms with Gasteiger partial charge in [-0.1, -0.05) is 24.3 Å². The molecule has 0 aromatic heterocycles. The Kier molecular flexibility index (Phi) is 3.21. The number of fused-ring (bicyclic) bond motifs is 2. The number of ether oxygens (including phenoxy) is 1. The normalized spacial score (nSPS) is 36.5. The lowest BCUT2D eigenvalue weighted by Crippen LogP contribution is -2.41. The highest BCUT2D eigenvalue weighted by Crippen LogP contribution is 2.61. The van der Waals surface area contributed by atoms with Crippen LogP contribution >= 0.6 is 0 Å². The van der Waals surface area contributed by atoms with Crippen molar-refractivity contribution in [1.82, 2.24) is 10.2 Å². The van der Waals surface area contributed by atoms with E-state index < -0.39 is 0 Å². The van der Waals surface area contributed by atoms with Gasteiger partial charge in [-0.25, -0.2) is 4.79 Å². The van der Waals surface area contributed by atoms with E-state index in [-0.39, 0.29) is 11.4 Å². The maximum Gasteiger partial charge on any atom is 0.317 e. The molecule has 1 N–H and O–H groups in total. The molecule has 2 spiro atoms. The van der Waals surface area contributed by atoms with Crippen molar-refractivity contribution in [3.63, 3.8) is 0 Å². The molecule has 1 aromatic carbocycles. The monoisotopic (exact) mass is 326 g/mol. The summed E-state index contributed by atoms with van der Waals surface area (Å²) >= 11 is 0. The van der Waals surface area contributed by atoms with Crippen molar-refractivity contribution in [2.24, 2.45) is 11.3 Å². The largest absolute Gasteiger partial charge is 0.381 e. The first-order valence-corrected chi connectivity index (χ1v) is 9.40. The minimum atomic E-state index is 0.132. The number of rotatable bonds is 2. The second-order valence-electron chi connectivity index (χ2n) is 8.37. The molecule has 3 fully saturated rings. The Balaban J connectivity index is 1.18. The minimum absolute atomic E-state index is 0.132. The van der Waals surface area contributed by atoms with E-state index in [4.69, 9.17) is 4.74 Å². The van der Waals surface area contributed by atoms with E-state index in [1.165, 1.54) is 24.8 Å². The van der Waals surface area contributed by atoms with Crippen molar-refractivity contribution < 1.29 is 9.53 Å². The number of hydrogen-bond donors (Lipinski definition) is 1. The standard InChI is InChI=1S/C20H26N2O2/c23-18(22-9-7-19(13-22)8-10-24-14-19)21-12-16-11-20(16)6-5-15-3-1-2-4-17(15)20/h1-4,16H,5-14H2,(H,21,23)/t16-,19-,20-/m0/s1. The van der Waals surface area contributed by atoms with E-state index >= 15 is 0 Å². The fourth-order valence-corrected chi connectivity index (χ4v) is 5.40. The van der Waals surface area contributed by atoms with E-state index in [2.05, 4.69) is 29.6 Å². The number of carbonyl (C=O) groups excluding carboxylic acids is 1. The summed E-state index contributed by atoms with van der Waals surface area (Å²) in [6.45, 7) is 4.28. The number of carbonyl (C=O) groups is 1. The molecule has 0 bridgehead atoms. The van der Waals surface area contributed by atoms with E-state index in [0.717, 1.165) is 45.7 Å². The lowest BCUT2D eigenvalue weighted by Gasteiger charge is -2.22. The molecule has 2 heterocycles. The van der Waals surface area contributed by atoms with Crippen LogP contribution in [0.1, 0.15) is 36.8 Å². The summed E-state index contributed by atoms with van der Waals surface area (Å²) in [6, 6.07) is 9.01. The van der Waals surface area contributed by atoms with E-state index in [0.29, 0.717) is 11.3 Å². The molecular weight excluding hydrogens is 300 g/mol. The first kappa shape index (κ1) is 14.8. The average molecular weight is 326 g/mol. The number of nitrogens with one attached hydrogen (secondary N) is 1. The highest BCUT2D eigenvalue weighted by atomic mass is 16.5. The molecule has 4 aliphatic rings. The smallest absolute Gasteiger partial charge is 0.317 e. The highest BCUT2D eigenvalue weighted by Gasteiger charge is 2.57. The van der Waals surface area contributed by atoms with Crippen LogP contribution in [0.4, 0.5) is 4.79 Å². The number of likely N-dealkylation sites (tertiary alicyclic amines) is 1. The third-order valence-corrected chi connectivity index (χ3v) is 7.04. The van der Waals surface area contributed by atoms with Crippen molar-refractivity contribution in [3.05, 3.63) is 35.4 Å². The molecule has 5 rings (SSSR count). The molecule has 1 aromatic rings. The van der Waals surface area contributed by atoms with Gasteiger partial charge in [0.2, 0.25) is 0 Å². The molecule has 0 radical (unpaired) electrons. The van der Waals surface area contributed by atoms with E-state index in [9.17, 15) is 4.79 Å². The number of aryl methyl sites for hydroxylation is 1. The molecule has 2 saturated heterocycles. The summed E-state index contributed by atoms with van der Waals surface area (Å²) in [7, 11) is 0. The molecule has 1 saturated carbocycles. The maximum absolute atomic E-state index is 12.5. The Hall–Kier alpha value is -1.55. The fraction of sp³-hybridized carbons (Fsp3) is 0.650. The number of hydrogen-bond acceptors (Lipinski definition) is 2. The number of amides is 2. The van der Waals surface area contributed by atoms with E-state index in [1.807, 2.05) is 4.90 Å². The predicted octanol–water partition coefficient (Wildman–Crippen LogP) is 2.71. The predicted molar refractivity (Wildman–Crippen MR) is 92.0 cm³/mol. The lowest BCUT2D eigenvalue weighted by atomic mass is 9.87. The molecule has 3 atom stereocenters. The summed E-state index contributed by atoms with van der Waals surface area (Å²) in [4.78, 5) is 14.5. The Morgan fingerprint density at radius 2 is 2.21 bits per heavy atom. The van der Waals surface area contributed by atoms with Crippen LogP contribution in [0.15, 0.2) is 24.3 Å². The van der Waals surface area contributed by atoms with Crippen LogP contribution in [0.5, 0.6) is 0 Å². The molecule has 0 unspecified atom stereocenters. The first-order chi connectivity index (χ1) is 11.7. The Labute approximate surface area is 143 Å². The third-order valence-electron chi connectivity index (χ3n) is 7.04. The maximum atomic E-state index is 12.5. The van der Waals surface area contributed by atoms with Gasteiger partial charge in [-0.15, -0.1) is 0 Å². The van der Waals surface area contributed by atoms with Gasteiger partial charge in [0.05, 0.1) is 6.61 Å². The molecule has 128 valence electrons. The zero-order chi connectivity index (χ0) is 16.2. The number of benzene rings is 1. The second kappa shape index (κ2) is 5.22. The SMILES string of the molecule is O=C(NC[C@@H]1C[C@@]12CCc1ccccc12)N1CC[C@]2(CCOC2)C1. The van der Waals surface area contributed by atoms with Crippen LogP contribution < -0.4 is 5.32 Å². The van der Waals surface area contributed by atoms with Crippen molar-refractivity contribution in [1.29, 1.82) is 0 Å². The van der Waals surface area contributed by atoms with Gasteiger partial charge in [-0.2, -0.15) is 0 Å². The van der Waals surface area contributed by atoms with Gasteiger partial charge in [0, 0.05) is 37.1 Å². The van der Waals surface area contributed by atoms with Crippen molar-refractivity contribution in [2.45, 2.75) is 37.5 Å². The number of urea groups is 1. The highest BCUT2D eigenvalue weighted by molar-refractivity contribution is 5.74. The zero-order valence-corrected chi connectivity index (χ0v) is 14.2. The van der Waals surface area contributed by atoms with Gasteiger partial charge < -0.3 is 15.0 Å². The molecule has 2 amide bonds. The molecule has 4 nitrogen and oxygen atoms in total. The first-order valence-electron chi connectivity index (χ1n) is 9.40. The average Bonchev–Trinajstić information content (AvgIpc) is 2.98. The molecule has 24 heavy (non-hydrogen) atoms. The summed E-state index contributed by atoms with van der Waals surface area (Å²) in [5.41, 5.74) is 3.69. The van der Waals surface area contributed by atoms with Crippen LogP contribution in [-0.2, 0) is 16.6 Å². The van der Waals surface area contributed by atoms with Crippen LogP contribution in [0.2, 0.25) is 0 Å². The van der Waals surface area contributed by atoms with Crippen molar-refractivity contribution in [3.8, 4) is 0 Å². The van der Waals surface area contributed by atoms with Crippen LogP contribution in [0.3, 0.4) is 0 Å². The third kappa shape index (κ3) is 2.19. The lowest BCUT2D eigenvalue weighted by molar-refractivity contribution is 0.152. The summed E-state index contributed by atoms with van der Waals surface area (Å²) in [5.74, 6) is 0.622.